The number of likely N-dealkylation sites (tertiary alicyclic amines) is 1. The molecule has 11 heteroatoms. The van der Waals surface area contributed by atoms with Crippen molar-refractivity contribution in [2.45, 2.75) is 44.9 Å². The number of fused-ring (bicyclic) bond motifs is 3. The van der Waals surface area contributed by atoms with Crippen LogP contribution in [0.4, 0.5) is 8.78 Å². The SMILES string of the molecule is Cc1ccc(-n2nccn2)c(C(=O)N2C3C[C@H](C[C@H]3Oc3cnc4cc(F)c(F)cc4n3)[C@H]2C)n1. The van der Waals surface area contributed by atoms with Gasteiger partial charge >= 0.3 is 0 Å². The first-order chi connectivity index (χ1) is 16.9. The standard InChI is InChI=1S/C24H21F2N7O2/c1-12-3-4-19(33-28-5-6-29-33)23(30-12)24(34)32-13(2)14-7-20(32)21(8-14)35-22-11-27-17-9-15(25)16(26)10-18(17)31-22/h3-6,9-11,13-14,20-21H,7-8H2,1-2H3/t13-,14-,20?,21-/m1/s1. The van der Waals surface area contributed by atoms with Gasteiger partial charge in [0.1, 0.15) is 11.8 Å². The molecule has 4 aromatic rings. The van der Waals surface area contributed by atoms with E-state index in [0.29, 0.717) is 11.4 Å². The van der Waals surface area contributed by atoms with Gasteiger partial charge in [-0.25, -0.2) is 23.7 Å². The molecule has 1 unspecified atom stereocenters. The second kappa shape index (κ2) is 8.03. The van der Waals surface area contributed by atoms with E-state index in [0.717, 1.165) is 25.0 Å². The zero-order chi connectivity index (χ0) is 24.3. The molecule has 6 rings (SSSR count). The fourth-order valence-corrected chi connectivity index (χ4v) is 5.23. The zero-order valence-corrected chi connectivity index (χ0v) is 19.0. The van der Waals surface area contributed by atoms with E-state index >= 15 is 0 Å². The van der Waals surface area contributed by atoms with Crippen LogP contribution in [0.3, 0.4) is 0 Å². The third kappa shape index (κ3) is 3.58. The lowest BCUT2D eigenvalue weighted by molar-refractivity contribution is 0.0309. The number of carbonyl (C=O) groups is 1. The Bertz CT molecular complexity index is 1450. The maximum absolute atomic E-state index is 13.8. The molecule has 1 saturated heterocycles. The minimum atomic E-state index is -0.998. The van der Waals surface area contributed by atoms with Crippen molar-refractivity contribution in [1.29, 1.82) is 0 Å². The van der Waals surface area contributed by atoms with Gasteiger partial charge in [0.05, 0.1) is 35.7 Å². The summed E-state index contributed by atoms with van der Waals surface area (Å²) in [5.74, 6) is -1.73. The largest absolute Gasteiger partial charge is 0.471 e. The number of benzene rings is 1. The summed E-state index contributed by atoms with van der Waals surface area (Å²) < 4.78 is 33.3. The van der Waals surface area contributed by atoms with Crippen molar-refractivity contribution in [3.8, 4) is 11.6 Å². The lowest BCUT2D eigenvalue weighted by atomic mass is 9.98. The molecular weight excluding hydrogens is 456 g/mol. The van der Waals surface area contributed by atoms with Crippen molar-refractivity contribution in [2.75, 3.05) is 0 Å². The lowest BCUT2D eigenvalue weighted by Gasteiger charge is -2.37. The molecule has 0 N–H and O–H groups in total. The highest BCUT2D eigenvalue weighted by atomic mass is 19.2. The molecule has 178 valence electrons. The van der Waals surface area contributed by atoms with Crippen LogP contribution in [0.25, 0.3) is 16.7 Å². The predicted molar refractivity (Wildman–Crippen MR) is 120 cm³/mol. The Morgan fingerprint density at radius 2 is 1.80 bits per heavy atom. The molecular formula is C24H21F2N7O2. The Kier molecular flexibility index (Phi) is 4.94. The number of carbonyl (C=O) groups excluding carboxylic acids is 1. The number of ether oxygens (including phenoxy) is 1. The van der Waals surface area contributed by atoms with Gasteiger partial charge in [0, 0.05) is 23.9 Å². The van der Waals surface area contributed by atoms with Gasteiger partial charge in [-0.15, -0.1) is 4.80 Å². The van der Waals surface area contributed by atoms with Gasteiger partial charge in [-0.2, -0.15) is 10.2 Å². The Hall–Kier alpha value is -4.02. The smallest absolute Gasteiger partial charge is 0.275 e. The second-order valence-electron chi connectivity index (χ2n) is 9.01. The summed E-state index contributed by atoms with van der Waals surface area (Å²) >= 11 is 0. The van der Waals surface area contributed by atoms with Crippen LogP contribution >= 0.6 is 0 Å². The fraction of sp³-hybridized carbons (Fsp3) is 0.333. The average Bonchev–Trinajstić information content (AvgIpc) is 3.57. The molecule has 1 aromatic carbocycles. The van der Waals surface area contributed by atoms with Gasteiger partial charge in [-0.1, -0.05) is 0 Å². The van der Waals surface area contributed by atoms with Crippen molar-refractivity contribution in [1.82, 2.24) is 34.8 Å². The average molecular weight is 477 g/mol. The van der Waals surface area contributed by atoms with Gasteiger partial charge in [0.2, 0.25) is 5.88 Å². The molecule has 1 saturated carbocycles. The summed E-state index contributed by atoms with van der Waals surface area (Å²) in [6, 6.07) is 5.42. The van der Waals surface area contributed by atoms with Gasteiger partial charge < -0.3 is 9.64 Å². The van der Waals surface area contributed by atoms with E-state index in [9.17, 15) is 13.6 Å². The van der Waals surface area contributed by atoms with E-state index in [4.69, 9.17) is 4.74 Å². The molecule has 2 bridgehead atoms. The highest BCUT2D eigenvalue weighted by Gasteiger charge is 2.53. The number of amides is 1. The minimum absolute atomic E-state index is 0.00727. The third-order valence-corrected chi connectivity index (χ3v) is 6.91. The van der Waals surface area contributed by atoms with E-state index < -0.39 is 11.6 Å². The van der Waals surface area contributed by atoms with Crippen LogP contribution in [-0.2, 0) is 0 Å². The third-order valence-electron chi connectivity index (χ3n) is 6.91. The monoisotopic (exact) mass is 477 g/mol. The zero-order valence-electron chi connectivity index (χ0n) is 19.0. The maximum atomic E-state index is 13.8. The van der Waals surface area contributed by atoms with Crippen molar-refractivity contribution in [3.05, 3.63) is 65.9 Å². The van der Waals surface area contributed by atoms with Crippen molar-refractivity contribution < 1.29 is 18.3 Å². The molecule has 4 heterocycles. The van der Waals surface area contributed by atoms with E-state index in [1.807, 2.05) is 24.8 Å². The van der Waals surface area contributed by atoms with Gasteiger partial charge in [0.25, 0.3) is 5.91 Å². The molecule has 2 fully saturated rings. The highest BCUT2D eigenvalue weighted by molar-refractivity contribution is 5.96. The predicted octanol–water partition coefficient (Wildman–Crippen LogP) is 3.26. The molecule has 1 aliphatic carbocycles. The van der Waals surface area contributed by atoms with Crippen LogP contribution in [0.1, 0.15) is 35.9 Å². The summed E-state index contributed by atoms with van der Waals surface area (Å²) in [4.78, 5) is 30.0. The Balaban J connectivity index is 1.29. The van der Waals surface area contributed by atoms with Crippen molar-refractivity contribution >= 4 is 16.9 Å². The Labute approximate surface area is 198 Å². The van der Waals surface area contributed by atoms with Crippen LogP contribution in [0, 0.1) is 24.5 Å². The molecule has 4 atom stereocenters. The highest BCUT2D eigenvalue weighted by Crippen LogP contribution is 2.44. The van der Waals surface area contributed by atoms with Crippen LogP contribution in [0.2, 0.25) is 0 Å². The lowest BCUT2D eigenvalue weighted by Crippen LogP contribution is -2.51. The maximum Gasteiger partial charge on any atom is 0.275 e. The second-order valence-corrected chi connectivity index (χ2v) is 9.01. The summed E-state index contributed by atoms with van der Waals surface area (Å²) in [5.41, 5.74) is 1.94. The number of aryl methyl sites for hydroxylation is 1. The fourth-order valence-electron chi connectivity index (χ4n) is 5.23. The Morgan fingerprint density at radius 1 is 1.06 bits per heavy atom. The molecule has 0 spiro atoms. The molecule has 2 aliphatic rings. The summed E-state index contributed by atoms with van der Waals surface area (Å²) in [6.45, 7) is 3.86. The summed E-state index contributed by atoms with van der Waals surface area (Å²) in [6.07, 6.45) is 5.71. The topological polar surface area (TPSA) is 98.9 Å². The molecule has 35 heavy (non-hydrogen) atoms. The van der Waals surface area contributed by atoms with Crippen LogP contribution in [0.5, 0.6) is 5.88 Å². The van der Waals surface area contributed by atoms with E-state index in [2.05, 4.69) is 25.1 Å². The quantitative estimate of drug-likeness (QED) is 0.445. The first-order valence-electron chi connectivity index (χ1n) is 11.3. The molecule has 1 aliphatic heterocycles. The number of pyridine rings is 1. The minimum Gasteiger partial charge on any atom is -0.471 e. The van der Waals surface area contributed by atoms with Gasteiger partial charge in [-0.05, 0) is 44.7 Å². The molecule has 0 radical (unpaired) electrons. The summed E-state index contributed by atoms with van der Waals surface area (Å²) in [5, 5.41) is 8.33. The number of piperidine rings is 1. The molecule has 1 amide bonds. The van der Waals surface area contributed by atoms with Crippen molar-refractivity contribution in [3.63, 3.8) is 0 Å². The number of nitrogens with zero attached hydrogens (tertiary/aromatic N) is 7. The van der Waals surface area contributed by atoms with Crippen molar-refractivity contribution in [2.24, 2.45) is 5.92 Å². The van der Waals surface area contributed by atoms with Crippen LogP contribution in [0.15, 0.2) is 42.9 Å². The number of aromatic nitrogens is 6. The number of rotatable bonds is 4. The number of halogens is 2. The normalized spacial score (nSPS) is 23.3. The van der Waals surface area contributed by atoms with Gasteiger partial charge in [0.15, 0.2) is 17.3 Å². The first kappa shape index (κ1) is 21.5. The number of hydrogen-bond donors (Lipinski definition) is 0. The molecule has 3 aromatic heterocycles. The Morgan fingerprint density at radius 3 is 2.54 bits per heavy atom. The van der Waals surface area contributed by atoms with E-state index in [-0.39, 0.29) is 52.6 Å². The molecule has 9 nitrogen and oxygen atoms in total. The van der Waals surface area contributed by atoms with Gasteiger partial charge in [-0.3, -0.25) is 4.79 Å². The van der Waals surface area contributed by atoms with E-state index in [1.54, 1.807) is 18.5 Å². The van der Waals surface area contributed by atoms with Crippen LogP contribution < -0.4 is 4.74 Å². The van der Waals surface area contributed by atoms with E-state index in [1.165, 1.54) is 11.0 Å². The summed E-state index contributed by atoms with van der Waals surface area (Å²) in [7, 11) is 0. The van der Waals surface area contributed by atoms with Crippen LogP contribution in [-0.4, -0.2) is 58.9 Å². The first-order valence-corrected chi connectivity index (χ1v) is 11.3. The number of hydrogen-bond acceptors (Lipinski definition) is 7.